The summed E-state index contributed by atoms with van der Waals surface area (Å²) in [5.41, 5.74) is 1.43. The molecule has 0 aromatic heterocycles. The molecule has 1 atom stereocenters. The van der Waals surface area contributed by atoms with Gasteiger partial charge in [0.1, 0.15) is 0 Å². The number of hydrogen-bond acceptors (Lipinski definition) is 3. The van der Waals surface area contributed by atoms with E-state index in [2.05, 4.69) is 5.32 Å². The third kappa shape index (κ3) is 3.13. The van der Waals surface area contributed by atoms with Crippen molar-refractivity contribution in [1.82, 2.24) is 5.32 Å². The minimum absolute atomic E-state index is 0.114. The van der Waals surface area contributed by atoms with E-state index >= 15 is 0 Å². The summed E-state index contributed by atoms with van der Waals surface area (Å²) in [5.74, 6) is 0.582. The van der Waals surface area contributed by atoms with Crippen LogP contribution in [0.5, 0.6) is 0 Å². The van der Waals surface area contributed by atoms with Crippen molar-refractivity contribution in [3.63, 3.8) is 0 Å². The van der Waals surface area contributed by atoms with Gasteiger partial charge in [-0.2, -0.15) is 0 Å². The summed E-state index contributed by atoms with van der Waals surface area (Å²) >= 11 is 5.30. The van der Waals surface area contributed by atoms with Gasteiger partial charge in [-0.25, -0.2) is 8.42 Å². The summed E-state index contributed by atoms with van der Waals surface area (Å²) in [5, 5.41) is 3.09. The average Bonchev–Trinajstić information content (AvgIpc) is 2.31. The standard InChI is InChI=1S/C7H12ClNO2S/c8-3-1-4-9-7-2-5-12(10,11)6-7/h1,3,7,9H,2,4-6H2/b3-1+. The first-order valence-corrected chi connectivity index (χ1v) is 6.09. The molecule has 1 aliphatic rings. The maximum absolute atomic E-state index is 11.0. The molecular formula is C7H12ClNO2S. The van der Waals surface area contributed by atoms with Crippen LogP contribution in [0.4, 0.5) is 0 Å². The summed E-state index contributed by atoms with van der Waals surface area (Å²) in [6, 6.07) is 0.114. The van der Waals surface area contributed by atoms with Gasteiger partial charge in [0.25, 0.3) is 0 Å². The second kappa shape index (κ2) is 4.25. The molecule has 0 bridgehead atoms. The molecule has 0 aromatic carbocycles. The Hall–Kier alpha value is -0.0600. The van der Waals surface area contributed by atoms with Crippen molar-refractivity contribution in [2.45, 2.75) is 12.5 Å². The maximum Gasteiger partial charge on any atom is 0.151 e. The molecule has 0 radical (unpaired) electrons. The normalized spacial score (nSPS) is 28.2. The number of nitrogens with one attached hydrogen (secondary N) is 1. The monoisotopic (exact) mass is 209 g/mol. The highest BCUT2D eigenvalue weighted by Gasteiger charge is 2.26. The molecule has 1 rings (SSSR count). The lowest BCUT2D eigenvalue weighted by atomic mass is 10.3. The van der Waals surface area contributed by atoms with Crippen LogP contribution in [0.25, 0.3) is 0 Å². The van der Waals surface area contributed by atoms with Gasteiger partial charge in [0.05, 0.1) is 11.5 Å². The van der Waals surface area contributed by atoms with Gasteiger partial charge in [0, 0.05) is 18.1 Å². The summed E-state index contributed by atoms with van der Waals surface area (Å²) < 4.78 is 22.0. The minimum Gasteiger partial charge on any atom is -0.309 e. The van der Waals surface area contributed by atoms with Crippen LogP contribution in [0.2, 0.25) is 0 Å². The van der Waals surface area contributed by atoms with Crippen LogP contribution >= 0.6 is 11.6 Å². The van der Waals surface area contributed by atoms with Crippen molar-refractivity contribution in [3.8, 4) is 0 Å². The molecule has 12 heavy (non-hydrogen) atoms. The van der Waals surface area contributed by atoms with E-state index in [9.17, 15) is 8.42 Å². The molecule has 1 saturated heterocycles. The molecule has 5 heteroatoms. The number of hydrogen-bond donors (Lipinski definition) is 1. The Kier molecular flexibility index (Phi) is 3.55. The molecular weight excluding hydrogens is 198 g/mol. The molecule has 1 fully saturated rings. The lowest BCUT2D eigenvalue weighted by Crippen LogP contribution is -2.29. The zero-order valence-corrected chi connectivity index (χ0v) is 8.24. The molecule has 3 nitrogen and oxygen atoms in total. The van der Waals surface area contributed by atoms with Gasteiger partial charge in [-0.05, 0) is 6.42 Å². The SMILES string of the molecule is O=S1(=O)CCC(NC/C=C/Cl)C1. The topological polar surface area (TPSA) is 46.2 Å². The maximum atomic E-state index is 11.0. The Morgan fingerprint density at radius 2 is 2.33 bits per heavy atom. The van der Waals surface area contributed by atoms with Crippen molar-refractivity contribution >= 4 is 21.4 Å². The first kappa shape index (κ1) is 10.0. The van der Waals surface area contributed by atoms with E-state index in [4.69, 9.17) is 11.6 Å². The van der Waals surface area contributed by atoms with E-state index in [1.165, 1.54) is 5.54 Å². The fraction of sp³-hybridized carbons (Fsp3) is 0.714. The average molecular weight is 210 g/mol. The second-order valence-corrected chi connectivity index (χ2v) is 5.35. The highest BCUT2D eigenvalue weighted by molar-refractivity contribution is 7.91. The summed E-state index contributed by atoms with van der Waals surface area (Å²) in [7, 11) is -2.75. The Morgan fingerprint density at radius 1 is 1.58 bits per heavy atom. The third-order valence-electron chi connectivity index (χ3n) is 1.85. The first-order chi connectivity index (χ1) is 5.64. The zero-order chi connectivity index (χ0) is 9.03. The van der Waals surface area contributed by atoms with Crippen molar-refractivity contribution < 1.29 is 8.42 Å². The van der Waals surface area contributed by atoms with Crippen LogP contribution in [0.3, 0.4) is 0 Å². The van der Waals surface area contributed by atoms with E-state index in [0.717, 1.165) is 6.42 Å². The first-order valence-electron chi connectivity index (χ1n) is 3.83. The van der Waals surface area contributed by atoms with Crippen LogP contribution in [0.1, 0.15) is 6.42 Å². The van der Waals surface area contributed by atoms with Gasteiger partial charge in [-0.1, -0.05) is 17.7 Å². The zero-order valence-electron chi connectivity index (χ0n) is 6.66. The van der Waals surface area contributed by atoms with Crippen LogP contribution in [0.15, 0.2) is 11.6 Å². The van der Waals surface area contributed by atoms with E-state index in [-0.39, 0.29) is 11.8 Å². The quantitative estimate of drug-likeness (QED) is 0.737. The van der Waals surface area contributed by atoms with Crippen molar-refractivity contribution in [2.75, 3.05) is 18.1 Å². The number of rotatable bonds is 3. The Morgan fingerprint density at radius 3 is 2.83 bits per heavy atom. The summed E-state index contributed by atoms with van der Waals surface area (Å²) in [6.07, 6.45) is 2.48. The smallest absolute Gasteiger partial charge is 0.151 e. The highest BCUT2D eigenvalue weighted by atomic mass is 35.5. The second-order valence-electron chi connectivity index (χ2n) is 2.87. The van der Waals surface area contributed by atoms with Gasteiger partial charge in [0.15, 0.2) is 9.84 Å². The Bertz CT molecular complexity index is 261. The van der Waals surface area contributed by atoms with Gasteiger partial charge in [-0.3, -0.25) is 0 Å². The third-order valence-corrected chi connectivity index (χ3v) is 3.79. The van der Waals surface area contributed by atoms with Gasteiger partial charge in [-0.15, -0.1) is 0 Å². The Labute approximate surface area is 77.7 Å². The van der Waals surface area contributed by atoms with Gasteiger partial charge >= 0.3 is 0 Å². The van der Waals surface area contributed by atoms with Crippen LogP contribution in [-0.2, 0) is 9.84 Å². The number of halogens is 1. The summed E-state index contributed by atoms with van der Waals surface area (Å²) in [6.45, 7) is 0.643. The molecule has 0 aromatic rings. The van der Waals surface area contributed by atoms with E-state index in [1.54, 1.807) is 6.08 Å². The molecule has 70 valence electrons. The molecule has 0 saturated carbocycles. The van der Waals surface area contributed by atoms with Gasteiger partial charge < -0.3 is 5.32 Å². The predicted molar refractivity (Wildman–Crippen MR) is 50.1 cm³/mol. The minimum atomic E-state index is -2.75. The van der Waals surface area contributed by atoms with Crippen molar-refractivity contribution in [1.29, 1.82) is 0 Å². The highest BCUT2D eigenvalue weighted by Crippen LogP contribution is 2.10. The largest absolute Gasteiger partial charge is 0.309 e. The molecule has 1 unspecified atom stereocenters. The lowest BCUT2D eigenvalue weighted by Gasteiger charge is -2.06. The van der Waals surface area contributed by atoms with E-state index < -0.39 is 9.84 Å². The fourth-order valence-electron chi connectivity index (χ4n) is 1.24. The molecule has 1 heterocycles. The van der Waals surface area contributed by atoms with Gasteiger partial charge in [0.2, 0.25) is 0 Å². The summed E-state index contributed by atoms with van der Waals surface area (Å²) in [4.78, 5) is 0. The van der Waals surface area contributed by atoms with Crippen LogP contribution in [0, 0.1) is 0 Å². The predicted octanol–water partition coefficient (Wildman–Crippen LogP) is 0.516. The van der Waals surface area contributed by atoms with Crippen molar-refractivity contribution in [2.24, 2.45) is 0 Å². The molecule has 0 spiro atoms. The molecule has 1 N–H and O–H groups in total. The van der Waals surface area contributed by atoms with Crippen molar-refractivity contribution in [3.05, 3.63) is 11.6 Å². The lowest BCUT2D eigenvalue weighted by molar-refractivity contribution is 0.584. The van der Waals surface area contributed by atoms with E-state index in [0.29, 0.717) is 12.3 Å². The number of sulfone groups is 1. The van der Waals surface area contributed by atoms with Crippen LogP contribution < -0.4 is 5.32 Å². The molecule has 0 amide bonds. The molecule has 1 aliphatic heterocycles. The fourth-order valence-corrected chi connectivity index (χ4v) is 3.03. The van der Waals surface area contributed by atoms with E-state index in [1.807, 2.05) is 0 Å². The molecule has 0 aliphatic carbocycles. The Balaban J connectivity index is 2.29. The van der Waals surface area contributed by atoms with Crippen LogP contribution in [-0.4, -0.2) is 32.5 Å².